The van der Waals surface area contributed by atoms with Crippen LogP contribution in [-0.4, -0.2) is 93.8 Å². The van der Waals surface area contributed by atoms with Crippen molar-refractivity contribution in [3.63, 3.8) is 0 Å². The maximum absolute atomic E-state index is 13.4. The summed E-state index contributed by atoms with van der Waals surface area (Å²) in [7, 11) is 0. The van der Waals surface area contributed by atoms with Gasteiger partial charge in [-0.1, -0.05) is 12.1 Å². The highest BCUT2D eigenvalue weighted by molar-refractivity contribution is 6.18. The van der Waals surface area contributed by atoms with Crippen LogP contribution >= 0.6 is 0 Å². The molecule has 4 amide bonds. The van der Waals surface area contributed by atoms with Crippen molar-refractivity contribution in [3.05, 3.63) is 65.2 Å². The van der Waals surface area contributed by atoms with Gasteiger partial charge in [0.25, 0.3) is 5.91 Å². The molecule has 0 fully saturated rings. The smallest absolute Gasteiger partial charge is 0.436 e. The summed E-state index contributed by atoms with van der Waals surface area (Å²) in [5.41, 5.74) is -3.06. The number of carbonyl (C=O) groups excluding carboxylic acids is 6. The molecule has 0 spiro atoms. The van der Waals surface area contributed by atoms with E-state index in [1.165, 1.54) is 48.5 Å². The minimum atomic E-state index is -1.35. The lowest BCUT2D eigenvalue weighted by Crippen LogP contribution is -2.47. The fraction of sp³-hybridized carbons (Fsp3) is 0.444. The summed E-state index contributed by atoms with van der Waals surface area (Å²) >= 11 is 0. The van der Waals surface area contributed by atoms with Gasteiger partial charge in [0.05, 0.1) is 0 Å². The molecule has 52 heavy (non-hydrogen) atoms. The van der Waals surface area contributed by atoms with Crippen LogP contribution in [0.25, 0.3) is 0 Å². The van der Waals surface area contributed by atoms with Crippen LogP contribution < -0.4 is 10.1 Å². The first-order valence-electron chi connectivity index (χ1n) is 16.0. The topological polar surface area (TPSA) is 213 Å². The van der Waals surface area contributed by atoms with Gasteiger partial charge in [-0.3, -0.25) is 14.4 Å². The van der Waals surface area contributed by atoms with Gasteiger partial charge in [0.15, 0.2) is 18.2 Å². The predicted octanol–water partition coefficient (Wildman–Crippen LogP) is 5.55. The van der Waals surface area contributed by atoms with E-state index in [0.717, 1.165) is 6.92 Å². The summed E-state index contributed by atoms with van der Waals surface area (Å²) in [6.45, 7) is 14.2. The minimum absolute atomic E-state index is 0.00289. The van der Waals surface area contributed by atoms with E-state index in [-0.39, 0.29) is 22.4 Å². The number of carboxylic acids is 1. The lowest BCUT2D eigenvalue weighted by Gasteiger charge is -2.29. The molecular weight excluding hydrogens is 682 g/mol. The van der Waals surface area contributed by atoms with Gasteiger partial charge in [-0.15, -0.1) is 0 Å². The summed E-state index contributed by atoms with van der Waals surface area (Å²) in [5, 5.41) is 11.3. The van der Waals surface area contributed by atoms with Crippen LogP contribution in [0, 0.1) is 0 Å². The van der Waals surface area contributed by atoms with Crippen LogP contribution in [0.3, 0.4) is 0 Å². The number of hydrogen-bond acceptors (Lipinski definition) is 12. The first-order valence-corrected chi connectivity index (χ1v) is 16.0. The molecule has 1 atom stereocenters. The van der Waals surface area contributed by atoms with Crippen LogP contribution in [0.2, 0.25) is 0 Å². The third-order valence-electron chi connectivity index (χ3n) is 5.94. The maximum Gasteiger partial charge on any atom is 0.436 e. The summed E-state index contributed by atoms with van der Waals surface area (Å²) in [6.07, 6.45) is -3.56. The van der Waals surface area contributed by atoms with Crippen LogP contribution in [0.1, 0.15) is 95.5 Å². The Morgan fingerprint density at radius 3 is 1.62 bits per heavy atom. The first-order chi connectivity index (χ1) is 23.8. The molecule has 0 heterocycles. The van der Waals surface area contributed by atoms with Crippen LogP contribution in [-0.2, 0) is 28.5 Å². The number of carboxylic acid groups (broad SMARTS) is 1. The van der Waals surface area contributed by atoms with E-state index in [9.17, 15) is 33.6 Å². The minimum Gasteiger partial charge on any atom is -0.482 e. The van der Waals surface area contributed by atoms with E-state index in [1.807, 2.05) is 0 Å². The number of carbonyl (C=O) groups is 7. The third kappa shape index (κ3) is 14.6. The van der Waals surface area contributed by atoms with E-state index < -0.39 is 83.8 Å². The molecule has 0 aliphatic carbocycles. The van der Waals surface area contributed by atoms with E-state index in [0.29, 0.717) is 4.90 Å². The number of ether oxygens (including phenoxy) is 5. The molecule has 0 saturated carbocycles. The average Bonchev–Trinajstić information content (AvgIpc) is 2.98. The normalized spacial score (nSPS) is 12.5. The van der Waals surface area contributed by atoms with Crippen molar-refractivity contribution < 1.29 is 62.4 Å². The molecule has 16 nitrogen and oxygen atoms in total. The van der Waals surface area contributed by atoms with Gasteiger partial charge in [0.1, 0.15) is 35.2 Å². The Bertz CT molecular complexity index is 1650. The predicted molar refractivity (Wildman–Crippen MR) is 185 cm³/mol. The standard InChI is InChI=1S/C36H45N3O13/c1-21(40)48-19-26(28(43)22-15-17-25(18-16-22)49-20-27(41)42)37-30(44)24-13-11-23(12-14-24)29(38-31(45)50-34(2,3)4)39(32(46)51-35(5,6)7)33(47)52-36(8,9)10/h11-18,26H,19-20H2,1-10H3,(H,37,44)(H,41,42)/t26-/m0/s1. The van der Waals surface area contributed by atoms with Gasteiger partial charge in [-0.2, -0.15) is 9.89 Å². The van der Waals surface area contributed by atoms with Crippen LogP contribution in [0.5, 0.6) is 5.75 Å². The molecule has 2 aromatic rings. The summed E-state index contributed by atoms with van der Waals surface area (Å²) in [6, 6.07) is 9.24. The van der Waals surface area contributed by atoms with Crippen molar-refractivity contribution in [1.29, 1.82) is 0 Å². The summed E-state index contributed by atoms with van der Waals surface area (Å²) in [4.78, 5) is 93.3. The zero-order valence-corrected chi connectivity index (χ0v) is 30.9. The van der Waals surface area contributed by atoms with Crippen LogP contribution in [0.4, 0.5) is 14.4 Å². The lowest BCUT2D eigenvalue weighted by atomic mass is 10.0. The molecule has 0 saturated heterocycles. The Balaban J connectivity index is 2.52. The number of ketones is 1. The van der Waals surface area contributed by atoms with Crippen molar-refractivity contribution in [2.45, 2.75) is 92.1 Å². The van der Waals surface area contributed by atoms with Gasteiger partial charge < -0.3 is 34.1 Å². The molecule has 0 aliphatic rings. The molecule has 282 valence electrons. The maximum atomic E-state index is 13.4. The number of nitrogens with zero attached hydrogens (tertiary/aromatic N) is 2. The number of esters is 1. The molecule has 2 aromatic carbocycles. The van der Waals surface area contributed by atoms with Crippen molar-refractivity contribution in [2.24, 2.45) is 4.99 Å². The number of benzene rings is 2. The van der Waals surface area contributed by atoms with Gasteiger partial charge in [0.2, 0.25) is 0 Å². The number of hydrogen-bond donors (Lipinski definition) is 2. The number of amides is 4. The SMILES string of the molecule is CC(=O)OC[C@H](NC(=O)c1ccc(C(=NC(=O)OC(C)(C)C)N(C(=O)OC(C)(C)C)C(=O)OC(C)(C)C)cc1)C(=O)c1ccc(OCC(=O)O)cc1. The second-order valence-corrected chi connectivity index (χ2v) is 14.2. The van der Waals surface area contributed by atoms with E-state index in [4.69, 9.17) is 28.8 Å². The Kier molecular flexibility index (Phi) is 14.2. The fourth-order valence-electron chi connectivity index (χ4n) is 3.94. The highest BCUT2D eigenvalue weighted by Gasteiger charge is 2.37. The Hall–Kier alpha value is -5.80. The van der Waals surface area contributed by atoms with Gasteiger partial charge in [0, 0.05) is 23.6 Å². The number of aliphatic imine (C=N–C) groups is 1. The molecule has 0 aromatic heterocycles. The number of aliphatic carboxylic acids is 1. The summed E-state index contributed by atoms with van der Waals surface area (Å²) < 4.78 is 26.3. The Morgan fingerprint density at radius 2 is 1.17 bits per heavy atom. The second-order valence-electron chi connectivity index (χ2n) is 14.2. The van der Waals surface area contributed by atoms with Gasteiger partial charge in [-0.05, 0) is 98.7 Å². The second kappa shape index (κ2) is 17.4. The van der Waals surface area contributed by atoms with E-state index in [1.54, 1.807) is 62.3 Å². The number of rotatable bonds is 10. The third-order valence-corrected chi connectivity index (χ3v) is 5.94. The number of imide groups is 1. The molecule has 0 aliphatic heterocycles. The van der Waals surface area contributed by atoms with Crippen molar-refractivity contribution >= 4 is 47.7 Å². The fourth-order valence-corrected chi connectivity index (χ4v) is 3.94. The molecule has 16 heteroatoms. The zero-order chi connectivity index (χ0) is 39.6. The van der Waals surface area contributed by atoms with Gasteiger partial charge in [-0.25, -0.2) is 19.2 Å². The molecular formula is C36H45N3O13. The average molecular weight is 728 g/mol. The monoisotopic (exact) mass is 727 g/mol. The van der Waals surface area contributed by atoms with Gasteiger partial charge >= 0.3 is 30.2 Å². The molecule has 2 N–H and O–H groups in total. The largest absolute Gasteiger partial charge is 0.482 e. The Labute approximate surface area is 301 Å². The summed E-state index contributed by atoms with van der Waals surface area (Å²) in [5.74, 6) is -3.64. The molecule has 0 unspecified atom stereocenters. The number of amidine groups is 1. The molecule has 0 bridgehead atoms. The quantitative estimate of drug-likeness (QED) is 0.101. The molecule has 2 rings (SSSR count). The van der Waals surface area contributed by atoms with E-state index >= 15 is 0 Å². The Morgan fingerprint density at radius 1 is 0.712 bits per heavy atom. The first kappa shape index (κ1) is 42.4. The number of nitrogens with one attached hydrogen (secondary N) is 1. The highest BCUT2D eigenvalue weighted by Crippen LogP contribution is 2.20. The highest BCUT2D eigenvalue weighted by atomic mass is 16.6. The molecule has 0 radical (unpaired) electrons. The lowest BCUT2D eigenvalue weighted by molar-refractivity contribution is -0.141. The van der Waals surface area contributed by atoms with Crippen molar-refractivity contribution in [2.75, 3.05) is 13.2 Å². The van der Waals surface area contributed by atoms with Crippen molar-refractivity contribution in [1.82, 2.24) is 10.2 Å². The van der Waals surface area contributed by atoms with Crippen molar-refractivity contribution in [3.8, 4) is 5.75 Å². The zero-order valence-electron chi connectivity index (χ0n) is 30.9. The van der Waals surface area contributed by atoms with Crippen LogP contribution in [0.15, 0.2) is 53.5 Å². The van der Waals surface area contributed by atoms with E-state index in [2.05, 4.69) is 10.3 Å². The number of Topliss-reactive ketones (excluding diaryl/α,β-unsaturated/α-hetero) is 1.